The number of ether oxygens (including phenoxy) is 1. The number of hydrogen-bond acceptors (Lipinski definition) is 3. The molecule has 0 aliphatic carbocycles. The first kappa shape index (κ1) is 14.4. The van der Waals surface area contributed by atoms with Crippen molar-refractivity contribution < 1.29 is 19.4 Å². The third kappa shape index (κ3) is 3.29. The summed E-state index contributed by atoms with van der Waals surface area (Å²) >= 11 is 0. The Morgan fingerprint density at radius 2 is 2.10 bits per heavy atom. The Morgan fingerprint density at radius 1 is 1.40 bits per heavy atom. The Hall–Kier alpha value is -2.04. The fraction of sp³-hybridized carbons (Fsp3) is 0.467. The van der Waals surface area contributed by atoms with Crippen LogP contribution in [-0.4, -0.2) is 41.1 Å². The Kier molecular flexibility index (Phi) is 4.61. The molecule has 5 nitrogen and oxygen atoms in total. The summed E-state index contributed by atoms with van der Waals surface area (Å²) in [5, 5.41) is 9.10. The van der Waals surface area contributed by atoms with Crippen molar-refractivity contribution in [3.8, 4) is 5.75 Å². The second-order valence-electron chi connectivity index (χ2n) is 5.05. The van der Waals surface area contributed by atoms with Crippen molar-refractivity contribution in [2.45, 2.75) is 25.8 Å². The molecule has 20 heavy (non-hydrogen) atoms. The summed E-state index contributed by atoms with van der Waals surface area (Å²) < 4.78 is 5.55. The number of amides is 1. The number of likely N-dealkylation sites (tertiary alicyclic amines) is 1. The van der Waals surface area contributed by atoms with E-state index in [-0.39, 0.29) is 18.4 Å². The lowest BCUT2D eigenvalue weighted by Crippen LogP contribution is -2.44. The van der Waals surface area contributed by atoms with Gasteiger partial charge in [-0.15, -0.1) is 0 Å². The molecule has 1 aliphatic rings. The van der Waals surface area contributed by atoms with Gasteiger partial charge in [-0.3, -0.25) is 4.79 Å². The van der Waals surface area contributed by atoms with Gasteiger partial charge in [0.2, 0.25) is 5.91 Å². The second-order valence-corrected chi connectivity index (χ2v) is 5.05. The molecule has 0 spiro atoms. The van der Waals surface area contributed by atoms with Gasteiger partial charge in [0.1, 0.15) is 11.8 Å². The Bertz CT molecular complexity index is 474. The summed E-state index contributed by atoms with van der Waals surface area (Å²) in [7, 11) is 0. The number of hydrogen-bond donors (Lipinski definition) is 1. The van der Waals surface area contributed by atoms with Crippen LogP contribution in [-0.2, 0) is 9.59 Å². The zero-order chi connectivity index (χ0) is 14.5. The third-order valence-electron chi connectivity index (χ3n) is 3.49. The van der Waals surface area contributed by atoms with Crippen LogP contribution in [0.5, 0.6) is 5.75 Å². The molecule has 1 aromatic carbocycles. The van der Waals surface area contributed by atoms with Gasteiger partial charge in [0.05, 0.1) is 12.5 Å². The molecule has 1 aromatic rings. The molecule has 2 atom stereocenters. The minimum absolute atomic E-state index is 0.147. The molecule has 1 saturated heterocycles. The smallest absolute Gasteiger partial charge is 0.326 e. The molecule has 1 amide bonds. The van der Waals surface area contributed by atoms with E-state index in [1.165, 1.54) is 4.90 Å². The fourth-order valence-electron chi connectivity index (χ4n) is 2.38. The first-order valence-corrected chi connectivity index (χ1v) is 6.80. The summed E-state index contributed by atoms with van der Waals surface area (Å²) in [5.74, 6) is -0.712. The van der Waals surface area contributed by atoms with Gasteiger partial charge in [0.25, 0.3) is 0 Å². The van der Waals surface area contributed by atoms with Crippen LogP contribution in [0.4, 0.5) is 0 Å². The van der Waals surface area contributed by atoms with E-state index >= 15 is 0 Å². The minimum atomic E-state index is -0.924. The Morgan fingerprint density at radius 3 is 2.75 bits per heavy atom. The van der Waals surface area contributed by atoms with Crippen LogP contribution >= 0.6 is 0 Å². The number of nitrogens with zero attached hydrogens (tertiary/aromatic N) is 1. The molecule has 2 rings (SSSR count). The average molecular weight is 277 g/mol. The molecule has 0 aromatic heterocycles. The van der Waals surface area contributed by atoms with Gasteiger partial charge in [-0.1, -0.05) is 25.1 Å². The number of carbonyl (C=O) groups excluding carboxylic acids is 1. The van der Waals surface area contributed by atoms with Crippen LogP contribution in [0.25, 0.3) is 0 Å². The topological polar surface area (TPSA) is 66.8 Å². The van der Waals surface area contributed by atoms with Gasteiger partial charge < -0.3 is 14.7 Å². The number of carboxylic acid groups (broad SMARTS) is 1. The third-order valence-corrected chi connectivity index (χ3v) is 3.49. The largest absolute Gasteiger partial charge is 0.493 e. The van der Waals surface area contributed by atoms with E-state index in [4.69, 9.17) is 9.84 Å². The zero-order valence-corrected chi connectivity index (χ0v) is 11.5. The van der Waals surface area contributed by atoms with Gasteiger partial charge in [-0.25, -0.2) is 4.79 Å². The Balaban J connectivity index is 1.90. The maximum absolute atomic E-state index is 12.3. The molecule has 1 aliphatic heterocycles. The standard InChI is InChI=1S/C15H19NO4/c1-11(10-20-12-6-3-2-4-7-12)14(17)16-9-5-8-13(16)15(18)19/h2-4,6-7,11,13H,5,8-10H2,1H3,(H,18,19). The van der Waals surface area contributed by atoms with E-state index in [2.05, 4.69) is 0 Å². The molecule has 1 N–H and O–H groups in total. The van der Waals surface area contributed by atoms with E-state index in [0.29, 0.717) is 18.7 Å². The van der Waals surface area contributed by atoms with Crippen molar-refractivity contribution in [1.82, 2.24) is 4.90 Å². The first-order chi connectivity index (χ1) is 9.59. The number of carboxylic acids is 1. The van der Waals surface area contributed by atoms with Gasteiger partial charge in [-0.2, -0.15) is 0 Å². The van der Waals surface area contributed by atoms with Crippen molar-refractivity contribution in [2.24, 2.45) is 5.92 Å². The number of rotatable bonds is 5. The van der Waals surface area contributed by atoms with Crippen molar-refractivity contribution in [1.29, 1.82) is 0 Å². The maximum atomic E-state index is 12.3. The van der Waals surface area contributed by atoms with Gasteiger partial charge in [0, 0.05) is 6.54 Å². The predicted octanol–water partition coefficient (Wildman–Crippen LogP) is 1.78. The van der Waals surface area contributed by atoms with Crippen LogP contribution in [0.3, 0.4) is 0 Å². The summed E-state index contributed by atoms with van der Waals surface area (Å²) in [4.78, 5) is 24.8. The quantitative estimate of drug-likeness (QED) is 0.890. The van der Waals surface area contributed by atoms with E-state index in [9.17, 15) is 9.59 Å². The number of carbonyl (C=O) groups is 2. The van der Waals surface area contributed by atoms with Gasteiger partial charge in [0.15, 0.2) is 0 Å². The molecule has 5 heteroatoms. The molecular weight excluding hydrogens is 258 g/mol. The Labute approximate surface area is 118 Å². The molecule has 108 valence electrons. The molecule has 1 fully saturated rings. The predicted molar refractivity (Wildman–Crippen MR) is 73.5 cm³/mol. The van der Waals surface area contributed by atoms with Crippen LogP contribution in [0.2, 0.25) is 0 Å². The van der Waals surface area contributed by atoms with E-state index < -0.39 is 12.0 Å². The monoisotopic (exact) mass is 277 g/mol. The summed E-state index contributed by atoms with van der Waals surface area (Å²) in [6, 6.07) is 8.59. The van der Waals surface area contributed by atoms with Crippen LogP contribution in [0, 0.1) is 5.92 Å². The van der Waals surface area contributed by atoms with Gasteiger partial charge >= 0.3 is 5.97 Å². The molecule has 1 heterocycles. The number of benzene rings is 1. The van der Waals surface area contributed by atoms with Crippen molar-refractivity contribution >= 4 is 11.9 Å². The van der Waals surface area contributed by atoms with Crippen molar-refractivity contribution in [2.75, 3.05) is 13.2 Å². The maximum Gasteiger partial charge on any atom is 0.326 e. The number of aliphatic carboxylic acids is 1. The van der Waals surface area contributed by atoms with Crippen molar-refractivity contribution in [3.05, 3.63) is 30.3 Å². The highest BCUT2D eigenvalue weighted by Crippen LogP contribution is 2.20. The summed E-state index contributed by atoms with van der Waals surface area (Å²) in [6.07, 6.45) is 1.28. The zero-order valence-electron chi connectivity index (χ0n) is 11.5. The van der Waals surface area contributed by atoms with Crippen molar-refractivity contribution in [3.63, 3.8) is 0 Å². The van der Waals surface area contributed by atoms with Crippen LogP contribution in [0.15, 0.2) is 30.3 Å². The summed E-state index contributed by atoms with van der Waals surface area (Å²) in [5.41, 5.74) is 0. The SMILES string of the molecule is CC(COc1ccccc1)C(=O)N1CCCC1C(=O)O. The van der Waals surface area contributed by atoms with Gasteiger partial charge in [-0.05, 0) is 25.0 Å². The van der Waals surface area contributed by atoms with E-state index in [1.54, 1.807) is 6.92 Å². The molecule has 0 radical (unpaired) electrons. The number of para-hydroxylation sites is 1. The van der Waals surface area contributed by atoms with E-state index in [1.807, 2.05) is 30.3 Å². The van der Waals surface area contributed by atoms with Crippen LogP contribution in [0.1, 0.15) is 19.8 Å². The van der Waals surface area contributed by atoms with Crippen LogP contribution < -0.4 is 4.74 Å². The second kappa shape index (κ2) is 6.41. The lowest BCUT2D eigenvalue weighted by atomic mass is 10.1. The highest BCUT2D eigenvalue weighted by atomic mass is 16.5. The molecular formula is C15H19NO4. The fourth-order valence-corrected chi connectivity index (χ4v) is 2.38. The molecule has 0 saturated carbocycles. The first-order valence-electron chi connectivity index (χ1n) is 6.80. The molecule has 2 unspecified atom stereocenters. The minimum Gasteiger partial charge on any atom is -0.493 e. The average Bonchev–Trinajstić information content (AvgIpc) is 2.94. The normalized spacial score (nSPS) is 19.6. The lowest BCUT2D eigenvalue weighted by Gasteiger charge is -2.24. The lowest BCUT2D eigenvalue weighted by molar-refractivity contribution is -0.150. The summed E-state index contributed by atoms with van der Waals surface area (Å²) in [6.45, 7) is 2.54. The molecule has 0 bridgehead atoms. The van der Waals surface area contributed by atoms with E-state index in [0.717, 1.165) is 6.42 Å². The highest BCUT2D eigenvalue weighted by molar-refractivity contribution is 5.85. The highest BCUT2D eigenvalue weighted by Gasteiger charge is 2.35.